The number of hydrogen-bond acceptors (Lipinski definition) is 3. The van der Waals surface area contributed by atoms with Crippen LogP contribution in [-0.2, 0) is 4.79 Å². The van der Waals surface area contributed by atoms with Gasteiger partial charge in [-0.05, 0) is 23.8 Å². The molecule has 0 heterocycles. The standard InChI is InChI=1S/C9H7O3/c10-5-1-2-7-3-4-8(11)9(12)6-7/h1-4,6,11-12H/b2-1+. The van der Waals surface area contributed by atoms with Crippen LogP contribution in [0.1, 0.15) is 5.56 Å². The molecule has 1 aromatic carbocycles. The van der Waals surface area contributed by atoms with Crippen molar-refractivity contribution >= 4 is 12.4 Å². The van der Waals surface area contributed by atoms with Gasteiger partial charge in [-0.2, -0.15) is 0 Å². The molecule has 1 radical (unpaired) electrons. The highest BCUT2D eigenvalue weighted by molar-refractivity contribution is 5.74. The summed E-state index contributed by atoms with van der Waals surface area (Å²) in [6.07, 6.45) is 4.24. The van der Waals surface area contributed by atoms with Crippen LogP contribution in [-0.4, -0.2) is 16.5 Å². The molecule has 0 aliphatic carbocycles. The fraction of sp³-hybridized carbons (Fsp3) is 0. The third-order valence-corrected chi connectivity index (χ3v) is 1.34. The van der Waals surface area contributed by atoms with Crippen molar-refractivity contribution in [2.24, 2.45) is 0 Å². The summed E-state index contributed by atoms with van der Waals surface area (Å²) < 4.78 is 0. The molecule has 0 fully saturated rings. The summed E-state index contributed by atoms with van der Waals surface area (Å²) in [5.74, 6) is -0.384. The second kappa shape index (κ2) is 3.57. The minimum absolute atomic E-state index is 0.178. The minimum Gasteiger partial charge on any atom is -0.504 e. The number of aromatic hydroxyl groups is 2. The van der Waals surface area contributed by atoms with Crippen LogP contribution in [0, 0.1) is 0 Å². The molecule has 0 aliphatic rings. The maximum Gasteiger partial charge on any atom is 0.225 e. The summed E-state index contributed by atoms with van der Waals surface area (Å²) in [6, 6.07) is 4.27. The van der Waals surface area contributed by atoms with E-state index in [0.29, 0.717) is 5.56 Å². The molecule has 0 aliphatic heterocycles. The highest BCUT2D eigenvalue weighted by Crippen LogP contribution is 2.25. The average Bonchev–Trinajstić information content (AvgIpc) is 2.07. The predicted octanol–water partition coefficient (Wildman–Crippen LogP) is 1.22. The van der Waals surface area contributed by atoms with Crippen molar-refractivity contribution in [3.05, 3.63) is 29.8 Å². The molecule has 0 bridgehead atoms. The van der Waals surface area contributed by atoms with Crippen LogP contribution in [0.4, 0.5) is 0 Å². The molecule has 0 atom stereocenters. The summed E-state index contributed by atoms with van der Waals surface area (Å²) in [7, 11) is 0. The van der Waals surface area contributed by atoms with E-state index in [9.17, 15) is 4.79 Å². The lowest BCUT2D eigenvalue weighted by Crippen LogP contribution is -1.73. The Balaban J connectivity index is 2.96. The molecule has 61 valence electrons. The Morgan fingerprint density at radius 3 is 2.58 bits per heavy atom. The number of allylic oxidation sites excluding steroid dienone is 1. The highest BCUT2D eigenvalue weighted by Gasteiger charge is 1.96. The quantitative estimate of drug-likeness (QED) is 0.509. The van der Waals surface area contributed by atoms with Gasteiger partial charge in [-0.1, -0.05) is 12.1 Å². The second-order valence-corrected chi connectivity index (χ2v) is 2.20. The van der Waals surface area contributed by atoms with Gasteiger partial charge in [-0.3, -0.25) is 4.79 Å². The molecule has 0 spiro atoms. The molecule has 0 aromatic heterocycles. The van der Waals surface area contributed by atoms with E-state index in [4.69, 9.17) is 10.2 Å². The first-order valence-corrected chi connectivity index (χ1v) is 3.30. The van der Waals surface area contributed by atoms with Crippen molar-refractivity contribution in [3.63, 3.8) is 0 Å². The third kappa shape index (κ3) is 1.85. The van der Waals surface area contributed by atoms with Crippen LogP contribution in [0.2, 0.25) is 0 Å². The fourth-order valence-corrected chi connectivity index (χ4v) is 0.774. The van der Waals surface area contributed by atoms with Gasteiger partial charge in [0.2, 0.25) is 6.29 Å². The van der Waals surface area contributed by atoms with E-state index in [1.807, 2.05) is 0 Å². The van der Waals surface area contributed by atoms with Crippen molar-refractivity contribution in [1.82, 2.24) is 0 Å². The number of phenolic OH excluding ortho intramolecular Hbond substituents is 2. The number of benzene rings is 1. The summed E-state index contributed by atoms with van der Waals surface area (Å²) in [5.41, 5.74) is 0.633. The normalized spacial score (nSPS) is 10.3. The van der Waals surface area contributed by atoms with E-state index >= 15 is 0 Å². The van der Waals surface area contributed by atoms with Crippen LogP contribution >= 0.6 is 0 Å². The molecule has 0 saturated carbocycles. The smallest absolute Gasteiger partial charge is 0.225 e. The number of phenols is 2. The zero-order valence-corrected chi connectivity index (χ0v) is 6.19. The van der Waals surface area contributed by atoms with Crippen molar-refractivity contribution < 1.29 is 15.0 Å². The van der Waals surface area contributed by atoms with E-state index in [-0.39, 0.29) is 11.5 Å². The van der Waals surface area contributed by atoms with E-state index in [2.05, 4.69) is 0 Å². The SMILES string of the molecule is O=[C]/C=C/c1ccc(O)c(O)c1. The van der Waals surface area contributed by atoms with Gasteiger partial charge in [-0.15, -0.1) is 0 Å². The Morgan fingerprint density at radius 2 is 2.00 bits per heavy atom. The third-order valence-electron chi connectivity index (χ3n) is 1.34. The number of carbonyl (C=O) groups excluding carboxylic acids is 1. The molecular weight excluding hydrogens is 156 g/mol. The number of hydrogen-bond donors (Lipinski definition) is 2. The van der Waals surface area contributed by atoms with E-state index in [0.717, 1.165) is 0 Å². The Hall–Kier alpha value is -1.77. The van der Waals surface area contributed by atoms with Crippen molar-refractivity contribution in [3.8, 4) is 11.5 Å². The van der Waals surface area contributed by atoms with Gasteiger partial charge in [0.15, 0.2) is 11.5 Å². The van der Waals surface area contributed by atoms with Gasteiger partial charge in [-0.25, -0.2) is 0 Å². The topological polar surface area (TPSA) is 57.5 Å². The monoisotopic (exact) mass is 163 g/mol. The Kier molecular flexibility index (Phi) is 2.48. The minimum atomic E-state index is -0.206. The molecule has 0 unspecified atom stereocenters. The first kappa shape index (κ1) is 8.33. The lowest BCUT2D eigenvalue weighted by Gasteiger charge is -1.97. The summed E-state index contributed by atoms with van der Waals surface area (Å²) in [4.78, 5) is 9.81. The van der Waals surface area contributed by atoms with Crippen molar-refractivity contribution in [2.45, 2.75) is 0 Å². The zero-order valence-electron chi connectivity index (χ0n) is 6.19. The van der Waals surface area contributed by atoms with Gasteiger partial charge in [0.1, 0.15) is 0 Å². The predicted molar refractivity (Wildman–Crippen MR) is 44.5 cm³/mol. The van der Waals surface area contributed by atoms with Gasteiger partial charge in [0.25, 0.3) is 0 Å². The lowest BCUT2D eigenvalue weighted by atomic mass is 10.2. The summed E-state index contributed by atoms with van der Waals surface area (Å²) >= 11 is 0. The molecule has 1 rings (SSSR count). The maximum absolute atomic E-state index is 9.81. The van der Waals surface area contributed by atoms with Crippen LogP contribution in [0.15, 0.2) is 24.3 Å². The summed E-state index contributed by atoms with van der Waals surface area (Å²) in [5, 5.41) is 17.9. The largest absolute Gasteiger partial charge is 0.504 e. The highest BCUT2D eigenvalue weighted by atomic mass is 16.3. The summed E-state index contributed by atoms with van der Waals surface area (Å²) in [6.45, 7) is 0. The van der Waals surface area contributed by atoms with Gasteiger partial charge in [0.05, 0.1) is 0 Å². The molecule has 0 amide bonds. The second-order valence-electron chi connectivity index (χ2n) is 2.20. The van der Waals surface area contributed by atoms with Crippen LogP contribution in [0.3, 0.4) is 0 Å². The Labute approximate surface area is 69.6 Å². The molecule has 2 N–H and O–H groups in total. The van der Waals surface area contributed by atoms with E-state index < -0.39 is 0 Å². The first-order chi connectivity index (χ1) is 5.74. The van der Waals surface area contributed by atoms with Crippen LogP contribution in [0.5, 0.6) is 11.5 Å². The molecule has 12 heavy (non-hydrogen) atoms. The van der Waals surface area contributed by atoms with Gasteiger partial charge < -0.3 is 10.2 Å². The van der Waals surface area contributed by atoms with Gasteiger partial charge >= 0.3 is 0 Å². The van der Waals surface area contributed by atoms with E-state index in [1.165, 1.54) is 24.3 Å². The average molecular weight is 163 g/mol. The molecular formula is C9H7O3. The Morgan fingerprint density at radius 1 is 1.25 bits per heavy atom. The Bertz CT molecular complexity index is 316. The first-order valence-electron chi connectivity index (χ1n) is 3.30. The van der Waals surface area contributed by atoms with Gasteiger partial charge in [0, 0.05) is 0 Å². The lowest BCUT2D eigenvalue weighted by molar-refractivity contribution is 0.403. The maximum atomic E-state index is 9.81. The molecule has 3 heteroatoms. The zero-order chi connectivity index (χ0) is 8.97. The van der Waals surface area contributed by atoms with Crippen LogP contribution < -0.4 is 0 Å². The molecule has 3 nitrogen and oxygen atoms in total. The van der Waals surface area contributed by atoms with E-state index in [1.54, 1.807) is 12.4 Å². The molecule has 0 saturated heterocycles. The number of rotatable bonds is 2. The van der Waals surface area contributed by atoms with Crippen LogP contribution in [0.25, 0.3) is 6.08 Å². The van der Waals surface area contributed by atoms with Crippen molar-refractivity contribution in [2.75, 3.05) is 0 Å². The molecule has 1 aromatic rings. The fourth-order valence-electron chi connectivity index (χ4n) is 0.774. The van der Waals surface area contributed by atoms with Crippen molar-refractivity contribution in [1.29, 1.82) is 0 Å².